The van der Waals surface area contributed by atoms with Crippen LogP contribution >= 0.6 is 0 Å². The monoisotopic (exact) mass is 608 g/mol. The summed E-state index contributed by atoms with van der Waals surface area (Å²) in [7, 11) is 0. The molecule has 5 rings (SSSR count). The molecule has 236 valence electrons. The molecular formula is C45H49F. The van der Waals surface area contributed by atoms with Crippen molar-refractivity contribution in [2.75, 3.05) is 0 Å². The molecule has 0 aliphatic carbocycles. The van der Waals surface area contributed by atoms with Crippen LogP contribution in [0.2, 0.25) is 0 Å². The fourth-order valence-corrected chi connectivity index (χ4v) is 6.27. The number of hydrogen-bond donors (Lipinski definition) is 0. The molecule has 0 saturated carbocycles. The number of halogens is 1. The molecule has 5 aromatic carbocycles. The second-order valence-electron chi connectivity index (χ2n) is 12.8. The van der Waals surface area contributed by atoms with Crippen molar-refractivity contribution in [3.8, 4) is 23.0 Å². The molecule has 0 unspecified atom stereocenters. The normalized spacial score (nSPS) is 11.0. The minimum absolute atomic E-state index is 0.123. The minimum Gasteiger partial charge on any atom is -0.207 e. The van der Waals surface area contributed by atoms with Crippen molar-refractivity contribution in [2.45, 2.75) is 97.8 Å². The Kier molecular flexibility index (Phi) is 12.2. The lowest BCUT2D eigenvalue weighted by Crippen LogP contribution is -1.98. The van der Waals surface area contributed by atoms with E-state index in [1.54, 1.807) is 6.07 Å². The highest BCUT2D eigenvalue weighted by atomic mass is 19.1. The molecule has 0 nitrogen and oxygen atoms in total. The number of rotatable bonds is 14. The Morgan fingerprint density at radius 1 is 0.457 bits per heavy atom. The van der Waals surface area contributed by atoms with Crippen LogP contribution in [-0.4, -0.2) is 0 Å². The predicted octanol–water partition coefficient (Wildman–Crippen LogP) is 12.2. The van der Waals surface area contributed by atoms with Crippen LogP contribution in [0.4, 0.5) is 4.39 Å². The van der Waals surface area contributed by atoms with Crippen molar-refractivity contribution in [1.82, 2.24) is 0 Å². The summed E-state index contributed by atoms with van der Waals surface area (Å²) in [6.07, 6.45) is 13.2. The van der Waals surface area contributed by atoms with E-state index in [2.05, 4.69) is 124 Å². The van der Waals surface area contributed by atoms with Crippen molar-refractivity contribution < 1.29 is 4.39 Å². The van der Waals surface area contributed by atoms with E-state index in [0.717, 1.165) is 73.6 Å². The van der Waals surface area contributed by atoms with E-state index >= 15 is 0 Å². The van der Waals surface area contributed by atoms with Gasteiger partial charge in [-0.15, -0.1) is 0 Å². The molecular weight excluding hydrogens is 559 g/mol. The molecule has 0 atom stereocenters. The Bertz CT molecular complexity index is 1760. The smallest absolute Gasteiger partial charge is 0.127 e. The molecule has 5 aromatic rings. The molecule has 0 aromatic heterocycles. The Hall–Kier alpha value is -4.15. The van der Waals surface area contributed by atoms with Gasteiger partial charge < -0.3 is 0 Å². The van der Waals surface area contributed by atoms with Gasteiger partial charge in [-0.25, -0.2) is 4.39 Å². The van der Waals surface area contributed by atoms with Gasteiger partial charge in [0.25, 0.3) is 0 Å². The van der Waals surface area contributed by atoms with E-state index in [9.17, 15) is 4.39 Å². The van der Waals surface area contributed by atoms with Crippen LogP contribution in [0.5, 0.6) is 0 Å². The third kappa shape index (κ3) is 9.20. The van der Waals surface area contributed by atoms with Crippen molar-refractivity contribution >= 4 is 10.8 Å². The molecule has 0 aliphatic rings. The van der Waals surface area contributed by atoms with E-state index in [0.29, 0.717) is 0 Å². The van der Waals surface area contributed by atoms with E-state index < -0.39 is 0 Å². The second-order valence-corrected chi connectivity index (χ2v) is 12.8. The first-order valence-electron chi connectivity index (χ1n) is 17.6. The first kappa shape index (κ1) is 33.2. The zero-order valence-corrected chi connectivity index (χ0v) is 28.1. The highest BCUT2D eigenvalue weighted by Crippen LogP contribution is 2.26. The fraction of sp³-hybridized carbons (Fsp3) is 0.333. The molecule has 0 amide bonds. The van der Waals surface area contributed by atoms with Gasteiger partial charge in [0.2, 0.25) is 0 Å². The summed E-state index contributed by atoms with van der Waals surface area (Å²) in [5.74, 6) is 6.45. The molecule has 0 bridgehead atoms. The van der Waals surface area contributed by atoms with Crippen LogP contribution in [0.1, 0.15) is 105 Å². The van der Waals surface area contributed by atoms with Crippen LogP contribution in [0, 0.1) is 17.7 Å². The van der Waals surface area contributed by atoms with Gasteiger partial charge in [-0.2, -0.15) is 0 Å². The fourth-order valence-electron chi connectivity index (χ4n) is 6.27. The van der Waals surface area contributed by atoms with Gasteiger partial charge in [-0.05, 0) is 119 Å². The third-order valence-corrected chi connectivity index (χ3v) is 9.10. The first-order valence-corrected chi connectivity index (χ1v) is 17.6. The standard InChI is InChI=1S/C45H49F/c1-4-7-9-12-34-14-16-35(17-15-34)18-19-37-23-27-42-31-41(29-28-40(42)30-37)38-24-20-36(21-25-38)22-26-43-33-45(46)44(13-10-8-5-2)32-39(43)11-6-3/h14-17,20-21,23-25,27-33H,4-13,18-19H2,1-3H3. The topological polar surface area (TPSA) is 0 Å². The van der Waals surface area contributed by atoms with Gasteiger partial charge in [0.05, 0.1) is 0 Å². The van der Waals surface area contributed by atoms with Crippen molar-refractivity contribution in [2.24, 2.45) is 0 Å². The molecule has 0 radical (unpaired) electrons. The molecule has 0 saturated heterocycles. The molecule has 46 heavy (non-hydrogen) atoms. The zero-order chi connectivity index (χ0) is 32.1. The number of fused-ring (bicyclic) bond motifs is 1. The lowest BCUT2D eigenvalue weighted by atomic mass is 9.96. The van der Waals surface area contributed by atoms with E-state index in [4.69, 9.17) is 0 Å². The lowest BCUT2D eigenvalue weighted by Gasteiger charge is -2.09. The van der Waals surface area contributed by atoms with Crippen molar-refractivity contribution in [1.29, 1.82) is 0 Å². The van der Waals surface area contributed by atoms with E-state index in [1.807, 2.05) is 0 Å². The van der Waals surface area contributed by atoms with Crippen LogP contribution < -0.4 is 0 Å². The zero-order valence-electron chi connectivity index (χ0n) is 28.1. The maximum atomic E-state index is 14.9. The highest BCUT2D eigenvalue weighted by molar-refractivity contribution is 5.88. The summed E-state index contributed by atoms with van der Waals surface area (Å²) >= 11 is 0. The molecule has 0 N–H and O–H groups in total. The van der Waals surface area contributed by atoms with Gasteiger partial charge in [0.15, 0.2) is 0 Å². The Balaban J connectivity index is 1.23. The van der Waals surface area contributed by atoms with Gasteiger partial charge in [0, 0.05) is 11.1 Å². The predicted molar refractivity (Wildman–Crippen MR) is 196 cm³/mol. The Morgan fingerprint density at radius 3 is 1.78 bits per heavy atom. The van der Waals surface area contributed by atoms with E-state index in [-0.39, 0.29) is 5.82 Å². The summed E-state index contributed by atoms with van der Waals surface area (Å²) in [6.45, 7) is 6.60. The molecule has 1 heteroatoms. The number of hydrogen-bond acceptors (Lipinski definition) is 0. The maximum Gasteiger partial charge on any atom is 0.127 e. The Labute approximate surface area is 277 Å². The number of unbranched alkanes of at least 4 members (excludes halogenated alkanes) is 4. The van der Waals surface area contributed by atoms with Gasteiger partial charge in [-0.1, -0.05) is 138 Å². The largest absolute Gasteiger partial charge is 0.207 e. The third-order valence-electron chi connectivity index (χ3n) is 9.10. The van der Waals surface area contributed by atoms with Crippen molar-refractivity contribution in [3.63, 3.8) is 0 Å². The molecule has 0 fully saturated rings. The minimum atomic E-state index is -0.123. The average molecular weight is 609 g/mol. The Morgan fingerprint density at radius 2 is 1.07 bits per heavy atom. The van der Waals surface area contributed by atoms with Crippen molar-refractivity contribution in [3.05, 3.63) is 142 Å². The van der Waals surface area contributed by atoms with Gasteiger partial charge >= 0.3 is 0 Å². The van der Waals surface area contributed by atoms with E-state index in [1.165, 1.54) is 64.3 Å². The second kappa shape index (κ2) is 17.0. The lowest BCUT2D eigenvalue weighted by molar-refractivity contribution is 0.597. The molecule has 0 spiro atoms. The summed E-state index contributed by atoms with van der Waals surface area (Å²) in [5.41, 5.74) is 10.4. The first-order chi connectivity index (χ1) is 22.6. The summed E-state index contributed by atoms with van der Waals surface area (Å²) in [6, 6.07) is 35.0. The van der Waals surface area contributed by atoms with Gasteiger partial charge in [-0.3, -0.25) is 0 Å². The van der Waals surface area contributed by atoms with Crippen LogP contribution in [0.3, 0.4) is 0 Å². The summed E-state index contributed by atoms with van der Waals surface area (Å²) in [4.78, 5) is 0. The highest BCUT2D eigenvalue weighted by Gasteiger charge is 2.09. The van der Waals surface area contributed by atoms with Crippen LogP contribution in [0.25, 0.3) is 21.9 Å². The average Bonchev–Trinajstić information content (AvgIpc) is 3.08. The SMILES string of the molecule is CCCCCc1ccc(CCc2ccc3cc(-c4ccc(C#Cc5cc(F)c(CCCCC)cc5CCC)cc4)ccc3c2)cc1. The summed E-state index contributed by atoms with van der Waals surface area (Å²) < 4.78 is 14.9. The molecule has 0 heterocycles. The number of aryl methyl sites for hydroxylation is 5. The van der Waals surface area contributed by atoms with Crippen LogP contribution in [0.15, 0.2) is 97.1 Å². The van der Waals surface area contributed by atoms with Crippen LogP contribution in [-0.2, 0) is 32.1 Å². The number of benzene rings is 5. The molecule has 0 aliphatic heterocycles. The van der Waals surface area contributed by atoms with Gasteiger partial charge in [0.1, 0.15) is 5.82 Å². The summed E-state index contributed by atoms with van der Waals surface area (Å²) in [5, 5.41) is 2.53. The maximum absolute atomic E-state index is 14.9. The quantitative estimate of drug-likeness (QED) is 0.0869.